The summed E-state index contributed by atoms with van der Waals surface area (Å²) in [5.74, 6) is -0.308. The van der Waals surface area contributed by atoms with E-state index >= 15 is 0 Å². The van der Waals surface area contributed by atoms with E-state index < -0.39 is 0 Å². The van der Waals surface area contributed by atoms with Gasteiger partial charge in [0.1, 0.15) is 5.56 Å². The Balaban J connectivity index is 2.70. The number of pyridine rings is 1. The maximum absolute atomic E-state index is 11.6. The van der Waals surface area contributed by atoms with Gasteiger partial charge < -0.3 is 10.3 Å². The molecule has 0 fully saturated rings. The molecule has 82 valence electrons. The highest BCUT2D eigenvalue weighted by Gasteiger charge is 2.11. The molecule has 15 heavy (non-hydrogen) atoms. The fourth-order valence-corrected chi connectivity index (χ4v) is 1.41. The summed E-state index contributed by atoms with van der Waals surface area (Å²) in [4.78, 5) is 25.4. The molecule has 0 aliphatic carbocycles. The van der Waals surface area contributed by atoms with Crippen LogP contribution < -0.4 is 10.9 Å². The Morgan fingerprint density at radius 2 is 2.33 bits per heavy atom. The molecule has 1 rings (SSSR count). The first-order valence-corrected chi connectivity index (χ1v) is 5.13. The summed E-state index contributed by atoms with van der Waals surface area (Å²) < 4.78 is 0. The maximum atomic E-state index is 11.6. The van der Waals surface area contributed by atoms with Crippen molar-refractivity contribution in [2.75, 3.05) is 0 Å². The first kappa shape index (κ1) is 11.5. The molecular formula is C11H16N2O2. The number of aromatic amines is 1. The van der Waals surface area contributed by atoms with Gasteiger partial charge in [0, 0.05) is 12.2 Å². The number of hydrogen-bond acceptors (Lipinski definition) is 2. The molecule has 0 bridgehead atoms. The Morgan fingerprint density at radius 3 is 2.93 bits per heavy atom. The SMILES string of the molecule is CCC[C@@H](C)NC(=O)c1ccc[nH]c1=O. The molecule has 1 aromatic heterocycles. The van der Waals surface area contributed by atoms with Gasteiger partial charge in [0.2, 0.25) is 0 Å². The number of rotatable bonds is 4. The van der Waals surface area contributed by atoms with Gasteiger partial charge in [-0.15, -0.1) is 0 Å². The molecule has 4 heteroatoms. The van der Waals surface area contributed by atoms with Gasteiger partial charge >= 0.3 is 0 Å². The predicted molar refractivity (Wildman–Crippen MR) is 58.9 cm³/mol. The largest absolute Gasteiger partial charge is 0.349 e. The zero-order chi connectivity index (χ0) is 11.3. The second-order valence-corrected chi connectivity index (χ2v) is 3.58. The molecule has 0 radical (unpaired) electrons. The Bertz CT molecular complexity index is 384. The van der Waals surface area contributed by atoms with Gasteiger partial charge in [0.15, 0.2) is 0 Å². The minimum absolute atomic E-state index is 0.0992. The van der Waals surface area contributed by atoms with Gasteiger partial charge in [0.05, 0.1) is 0 Å². The third kappa shape index (κ3) is 3.23. The van der Waals surface area contributed by atoms with Gasteiger partial charge in [-0.3, -0.25) is 9.59 Å². The maximum Gasteiger partial charge on any atom is 0.260 e. The van der Waals surface area contributed by atoms with E-state index in [1.807, 2.05) is 6.92 Å². The van der Waals surface area contributed by atoms with E-state index in [-0.39, 0.29) is 23.1 Å². The summed E-state index contributed by atoms with van der Waals surface area (Å²) in [6, 6.07) is 3.26. The number of nitrogens with one attached hydrogen (secondary N) is 2. The number of carbonyl (C=O) groups is 1. The Morgan fingerprint density at radius 1 is 1.60 bits per heavy atom. The number of H-pyrrole nitrogens is 1. The summed E-state index contributed by atoms with van der Waals surface area (Å²) in [7, 11) is 0. The molecule has 0 saturated heterocycles. The van der Waals surface area contributed by atoms with Crippen LogP contribution in [0.25, 0.3) is 0 Å². The van der Waals surface area contributed by atoms with E-state index in [2.05, 4.69) is 17.2 Å². The van der Waals surface area contributed by atoms with Crippen molar-refractivity contribution < 1.29 is 4.79 Å². The quantitative estimate of drug-likeness (QED) is 0.783. The van der Waals surface area contributed by atoms with Crippen molar-refractivity contribution in [2.24, 2.45) is 0 Å². The van der Waals surface area contributed by atoms with Crippen molar-refractivity contribution in [1.82, 2.24) is 10.3 Å². The van der Waals surface area contributed by atoms with Gasteiger partial charge in [-0.2, -0.15) is 0 Å². The van der Waals surface area contributed by atoms with Crippen LogP contribution >= 0.6 is 0 Å². The highest BCUT2D eigenvalue weighted by Crippen LogP contribution is 1.97. The second kappa shape index (κ2) is 5.34. The Kier molecular flexibility index (Phi) is 4.09. The van der Waals surface area contributed by atoms with Crippen LogP contribution in [0.3, 0.4) is 0 Å². The lowest BCUT2D eigenvalue weighted by Gasteiger charge is -2.11. The molecule has 1 atom stereocenters. The van der Waals surface area contributed by atoms with Crippen molar-refractivity contribution in [3.63, 3.8) is 0 Å². The second-order valence-electron chi connectivity index (χ2n) is 3.58. The zero-order valence-corrected chi connectivity index (χ0v) is 9.04. The normalized spacial score (nSPS) is 12.1. The fourth-order valence-electron chi connectivity index (χ4n) is 1.41. The first-order valence-electron chi connectivity index (χ1n) is 5.13. The van der Waals surface area contributed by atoms with Crippen LogP contribution in [0.4, 0.5) is 0 Å². The molecule has 0 saturated carbocycles. The van der Waals surface area contributed by atoms with Crippen molar-refractivity contribution in [3.05, 3.63) is 34.2 Å². The van der Waals surface area contributed by atoms with Crippen molar-refractivity contribution in [2.45, 2.75) is 32.7 Å². The highest BCUT2D eigenvalue weighted by molar-refractivity contribution is 5.93. The standard InChI is InChI=1S/C11H16N2O2/c1-3-5-8(2)13-11(15)9-6-4-7-12-10(9)14/h4,6-8H,3,5H2,1-2H3,(H,12,14)(H,13,15)/t8-/m1/s1. The highest BCUT2D eigenvalue weighted by atomic mass is 16.2. The number of carbonyl (C=O) groups excluding carboxylic acids is 1. The molecule has 2 N–H and O–H groups in total. The van der Waals surface area contributed by atoms with Gasteiger partial charge in [-0.05, 0) is 25.5 Å². The zero-order valence-electron chi connectivity index (χ0n) is 9.04. The average Bonchev–Trinajstić information content (AvgIpc) is 2.18. The summed E-state index contributed by atoms with van der Waals surface area (Å²) >= 11 is 0. The monoisotopic (exact) mass is 208 g/mol. The van der Waals surface area contributed by atoms with E-state index in [0.29, 0.717) is 0 Å². The van der Waals surface area contributed by atoms with Crippen LogP contribution in [0.1, 0.15) is 37.0 Å². The van der Waals surface area contributed by atoms with Crippen molar-refractivity contribution >= 4 is 5.91 Å². The smallest absolute Gasteiger partial charge is 0.260 e. The van der Waals surface area contributed by atoms with Crippen molar-refractivity contribution in [1.29, 1.82) is 0 Å². The molecule has 4 nitrogen and oxygen atoms in total. The minimum atomic E-state index is -0.348. The molecule has 0 aliphatic rings. The van der Waals surface area contributed by atoms with Crippen LogP contribution in [-0.4, -0.2) is 16.9 Å². The Hall–Kier alpha value is -1.58. The summed E-state index contributed by atoms with van der Waals surface area (Å²) in [5, 5.41) is 2.78. The minimum Gasteiger partial charge on any atom is -0.349 e. The summed E-state index contributed by atoms with van der Waals surface area (Å²) in [5.41, 5.74) is -0.181. The van der Waals surface area contributed by atoms with E-state index in [9.17, 15) is 9.59 Å². The van der Waals surface area contributed by atoms with E-state index in [4.69, 9.17) is 0 Å². The molecule has 0 aromatic carbocycles. The predicted octanol–water partition coefficient (Wildman–Crippen LogP) is 1.29. The summed E-state index contributed by atoms with van der Waals surface area (Å²) in [6.07, 6.45) is 3.43. The average molecular weight is 208 g/mol. The fraction of sp³-hybridized carbons (Fsp3) is 0.455. The number of amides is 1. The molecule has 1 heterocycles. The van der Waals surface area contributed by atoms with E-state index in [1.165, 1.54) is 12.3 Å². The third-order valence-corrected chi connectivity index (χ3v) is 2.16. The van der Waals surface area contributed by atoms with Crippen molar-refractivity contribution in [3.8, 4) is 0 Å². The van der Waals surface area contributed by atoms with E-state index in [0.717, 1.165) is 12.8 Å². The van der Waals surface area contributed by atoms with Crippen LogP contribution in [0.5, 0.6) is 0 Å². The lowest BCUT2D eigenvalue weighted by molar-refractivity contribution is 0.0937. The van der Waals surface area contributed by atoms with Gasteiger partial charge in [-0.25, -0.2) is 0 Å². The number of hydrogen-bond donors (Lipinski definition) is 2. The van der Waals surface area contributed by atoms with Crippen LogP contribution in [0, 0.1) is 0 Å². The molecule has 0 unspecified atom stereocenters. The molecule has 0 spiro atoms. The van der Waals surface area contributed by atoms with Crippen LogP contribution in [0.15, 0.2) is 23.1 Å². The van der Waals surface area contributed by atoms with Crippen LogP contribution in [-0.2, 0) is 0 Å². The lowest BCUT2D eigenvalue weighted by atomic mass is 10.2. The van der Waals surface area contributed by atoms with E-state index in [1.54, 1.807) is 6.07 Å². The van der Waals surface area contributed by atoms with Crippen LogP contribution in [0.2, 0.25) is 0 Å². The topological polar surface area (TPSA) is 62.0 Å². The van der Waals surface area contributed by atoms with Gasteiger partial charge in [-0.1, -0.05) is 13.3 Å². The molecule has 1 aromatic rings. The Labute approximate surface area is 88.7 Å². The molecular weight excluding hydrogens is 192 g/mol. The summed E-state index contributed by atoms with van der Waals surface area (Å²) in [6.45, 7) is 3.98. The first-order chi connectivity index (χ1) is 7.15. The van der Waals surface area contributed by atoms with Gasteiger partial charge in [0.25, 0.3) is 11.5 Å². The molecule has 0 aliphatic heterocycles. The lowest BCUT2D eigenvalue weighted by Crippen LogP contribution is -2.35. The number of aromatic nitrogens is 1. The third-order valence-electron chi connectivity index (χ3n) is 2.16. The molecule has 1 amide bonds.